The number of carboxylic acid groups (broad SMARTS) is 1. The van der Waals surface area contributed by atoms with Gasteiger partial charge >= 0.3 is 5.97 Å². The van der Waals surface area contributed by atoms with E-state index in [9.17, 15) is 14.9 Å². The maximum Gasteiger partial charge on any atom is 0.326 e. The lowest BCUT2D eigenvalue weighted by Crippen LogP contribution is -2.28. The van der Waals surface area contributed by atoms with Crippen molar-refractivity contribution in [1.82, 2.24) is 0 Å². The third kappa shape index (κ3) is 3.31. The number of anilines is 1. The number of benzene rings is 1. The van der Waals surface area contributed by atoms with Crippen LogP contribution in [0.15, 0.2) is 30.9 Å². The first kappa shape index (κ1) is 13.7. The van der Waals surface area contributed by atoms with Gasteiger partial charge in [-0.2, -0.15) is 0 Å². The summed E-state index contributed by atoms with van der Waals surface area (Å²) in [7, 11) is 0. The quantitative estimate of drug-likeness (QED) is 0.459. The van der Waals surface area contributed by atoms with Gasteiger partial charge in [0.2, 0.25) is 0 Å². The molecular formula is C12H14N2O4. The normalized spacial score (nSPS) is 11.6. The Morgan fingerprint density at radius 3 is 2.83 bits per heavy atom. The highest BCUT2D eigenvalue weighted by Crippen LogP contribution is 2.23. The van der Waals surface area contributed by atoms with Crippen molar-refractivity contribution in [2.24, 2.45) is 0 Å². The Morgan fingerprint density at radius 2 is 2.33 bits per heavy atom. The summed E-state index contributed by atoms with van der Waals surface area (Å²) in [4.78, 5) is 21.1. The van der Waals surface area contributed by atoms with Crippen molar-refractivity contribution in [2.75, 3.05) is 5.32 Å². The zero-order chi connectivity index (χ0) is 13.7. The van der Waals surface area contributed by atoms with E-state index in [1.54, 1.807) is 13.0 Å². The summed E-state index contributed by atoms with van der Waals surface area (Å²) in [6.45, 7) is 5.23. The number of aliphatic carboxylic acids is 1. The maximum atomic E-state index is 11.0. The third-order valence-corrected chi connectivity index (χ3v) is 2.46. The molecule has 0 saturated carbocycles. The summed E-state index contributed by atoms with van der Waals surface area (Å²) < 4.78 is 0. The smallest absolute Gasteiger partial charge is 0.326 e. The number of nitro benzene ring substituents is 1. The molecule has 0 aliphatic heterocycles. The summed E-state index contributed by atoms with van der Waals surface area (Å²) in [5.74, 6) is -1.03. The first-order valence-corrected chi connectivity index (χ1v) is 5.31. The van der Waals surface area contributed by atoms with Gasteiger partial charge in [-0.1, -0.05) is 12.1 Å². The van der Waals surface area contributed by atoms with Crippen molar-refractivity contribution in [3.8, 4) is 0 Å². The van der Waals surface area contributed by atoms with Crippen molar-refractivity contribution in [2.45, 2.75) is 19.4 Å². The molecule has 1 aromatic carbocycles. The number of aryl methyl sites for hydroxylation is 1. The van der Waals surface area contributed by atoms with E-state index in [1.807, 2.05) is 0 Å². The van der Waals surface area contributed by atoms with E-state index in [0.717, 1.165) is 5.56 Å². The Balaban J connectivity index is 3.00. The Hall–Kier alpha value is -2.37. The van der Waals surface area contributed by atoms with Crippen LogP contribution in [0.3, 0.4) is 0 Å². The first-order valence-electron chi connectivity index (χ1n) is 5.31. The molecule has 0 bridgehead atoms. The second-order valence-corrected chi connectivity index (χ2v) is 3.82. The number of nitrogens with one attached hydrogen (secondary N) is 1. The zero-order valence-corrected chi connectivity index (χ0v) is 9.92. The van der Waals surface area contributed by atoms with Gasteiger partial charge < -0.3 is 10.4 Å². The average molecular weight is 250 g/mol. The van der Waals surface area contributed by atoms with Crippen molar-refractivity contribution >= 4 is 17.3 Å². The van der Waals surface area contributed by atoms with E-state index in [2.05, 4.69) is 11.9 Å². The fourth-order valence-corrected chi connectivity index (χ4v) is 1.45. The van der Waals surface area contributed by atoms with E-state index >= 15 is 0 Å². The van der Waals surface area contributed by atoms with Crippen molar-refractivity contribution in [1.29, 1.82) is 0 Å². The second kappa shape index (κ2) is 5.81. The molecule has 18 heavy (non-hydrogen) atoms. The van der Waals surface area contributed by atoms with Gasteiger partial charge in [-0.05, 0) is 18.9 Å². The third-order valence-electron chi connectivity index (χ3n) is 2.46. The molecule has 1 aromatic rings. The van der Waals surface area contributed by atoms with Gasteiger partial charge in [-0.15, -0.1) is 6.58 Å². The van der Waals surface area contributed by atoms with E-state index in [0.29, 0.717) is 5.69 Å². The van der Waals surface area contributed by atoms with Crippen LogP contribution in [-0.2, 0) is 4.79 Å². The lowest BCUT2D eigenvalue weighted by Gasteiger charge is -2.15. The number of nitrogens with zero attached hydrogens (tertiary/aromatic N) is 1. The molecule has 0 aliphatic carbocycles. The van der Waals surface area contributed by atoms with Crippen LogP contribution in [0.1, 0.15) is 12.0 Å². The lowest BCUT2D eigenvalue weighted by molar-refractivity contribution is -0.384. The molecule has 2 N–H and O–H groups in total. The first-order chi connectivity index (χ1) is 8.45. The maximum absolute atomic E-state index is 11.0. The lowest BCUT2D eigenvalue weighted by atomic mass is 10.1. The van der Waals surface area contributed by atoms with Crippen molar-refractivity contribution in [3.63, 3.8) is 0 Å². The van der Waals surface area contributed by atoms with Gasteiger partial charge in [0.25, 0.3) is 5.69 Å². The molecule has 0 aromatic heterocycles. The van der Waals surface area contributed by atoms with Crippen LogP contribution in [0.5, 0.6) is 0 Å². The number of rotatable bonds is 6. The van der Waals surface area contributed by atoms with Crippen LogP contribution >= 0.6 is 0 Å². The molecule has 0 heterocycles. The van der Waals surface area contributed by atoms with Gasteiger partial charge in [0.15, 0.2) is 0 Å². The largest absolute Gasteiger partial charge is 0.480 e. The minimum Gasteiger partial charge on any atom is -0.480 e. The summed E-state index contributed by atoms with van der Waals surface area (Å²) in [5.41, 5.74) is 1.11. The summed E-state index contributed by atoms with van der Waals surface area (Å²) in [6.07, 6.45) is 1.72. The van der Waals surface area contributed by atoms with Crippen molar-refractivity contribution in [3.05, 3.63) is 46.5 Å². The summed E-state index contributed by atoms with van der Waals surface area (Å²) in [5, 5.41) is 22.4. The van der Waals surface area contributed by atoms with E-state index in [-0.39, 0.29) is 12.1 Å². The molecule has 6 heteroatoms. The van der Waals surface area contributed by atoms with Crippen LogP contribution in [0.2, 0.25) is 0 Å². The van der Waals surface area contributed by atoms with Crippen LogP contribution in [0, 0.1) is 17.0 Å². The fourth-order valence-electron chi connectivity index (χ4n) is 1.45. The predicted molar refractivity (Wildman–Crippen MR) is 67.7 cm³/mol. The Morgan fingerprint density at radius 1 is 1.67 bits per heavy atom. The van der Waals surface area contributed by atoms with E-state index in [1.165, 1.54) is 18.2 Å². The Kier molecular flexibility index (Phi) is 4.42. The van der Waals surface area contributed by atoms with Gasteiger partial charge in [-0.3, -0.25) is 10.1 Å². The predicted octanol–water partition coefficient (Wildman–Crippen LogP) is 2.34. The molecule has 0 radical (unpaired) electrons. The molecule has 0 amide bonds. The molecule has 96 valence electrons. The molecular weight excluding hydrogens is 236 g/mol. The zero-order valence-electron chi connectivity index (χ0n) is 9.92. The van der Waals surface area contributed by atoms with Crippen LogP contribution in [0.25, 0.3) is 0 Å². The van der Waals surface area contributed by atoms with Gasteiger partial charge in [0, 0.05) is 17.8 Å². The second-order valence-electron chi connectivity index (χ2n) is 3.82. The molecule has 0 fully saturated rings. The number of carbonyl (C=O) groups is 1. The topological polar surface area (TPSA) is 92.5 Å². The molecule has 0 spiro atoms. The highest BCUT2D eigenvalue weighted by molar-refractivity contribution is 5.78. The molecule has 6 nitrogen and oxygen atoms in total. The fraction of sp³-hybridized carbons (Fsp3) is 0.250. The molecule has 1 unspecified atom stereocenters. The Bertz CT molecular complexity index is 485. The average Bonchev–Trinajstić information content (AvgIpc) is 2.30. The highest BCUT2D eigenvalue weighted by atomic mass is 16.6. The molecule has 1 rings (SSSR count). The number of carboxylic acids is 1. The van der Waals surface area contributed by atoms with Gasteiger partial charge in [0.05, 0.1) is 4.92 Å². The van der Waals surface area contributed by atoms with Crippen molar-refractivity contribution < 1.29 is 14.8 Å². The number of non-ortho nitro benzene ring substituents is 1. The number of hydrogen-bond donors (Lipinski definition) is 2. The Labute approximate surface area is 104 Å². The number of hydrogen-bond acceptors (Lipinski definition) is 4. The summed E-state index contributed by atoms with van der Waals surface area (Å²) >= 11 is 0. The van der Waals surface area contributed by atoms with Crippen LogP contribution in [-0.4, -0.2) is 22.0 Å². The highest BCUT2D eigenvalue weighted by Gasteiger charge is 2.17. The minimum absolute atomic E-state index is 0.0779. The summed E-state index contributed by atoms with van der Waals surface area (Å²) in [6, 6.07) is 3.44. The van der Waals surface area contributed by atoms with Gasteiger partial charge in [-0.25, -0.2) is 4.79 Å². The molecule has 0 saturated heterocycles. The van der Waals surface area contributed by atoms with Crippen LogP contribution < -0.4 is 5.32 Å². The van der Waals surface area contributed by atoms with E-state index < -0.39 is 16.9 Å². The molecule has 1 atom stereocenters. The van der Waals surface area contributed by atoms with Gasteiger partial charge in [0.1, 0.15) is 6.04 Å². The van der Waals surface area contributed by atoms with Crippen LogP contribution in [0.4, 0.5) is 11.4 Å². The SMILES string of the molecule is C=CCC(Nc1cc([N+](=O)[O-])ccc1C)C(=O)O. The monoisotopic (exact) mass is 250 g/mol. The van der Waals surface area contributed by atoms with E-state index in [4.69, 9.17) is 5.11 Å². The standard InChI is InChI=1S/C12H14N2O4/c1-3-4-10(12(15)16)13-11-7-9(14(17)18)6-5-8(11)2/h3,5-7,10,13H,1,4H2,2H3,(H,15,16). The minimum atomic E-state index is -1.03. The number of nitro groups is 1. The molecule has 0 aliphatic rings.